The van der Waals surface area contributed by atoms with E-state index < -0.39 is 18.2 Å². The molecule has 1 aliphatic rings. The van der Waals surface area contributed by atoms with Crippen molar-refractivity contribution in [1.29, 1.82) is 0 Å². The number of ether oxygens (including phenoxy) is 2. The van der Waals surface area contributed by atoms with Crippen molar-refractivity contribution in [1.82, 2.24) is 5.32 Å². The van der Waals surface area contributed by atoms with Crippen molar-refractivity contribution in [3.63, 3.8) is 0 Å². The van der Waals surface area contributed by atoms with Crippen LogP contribution in [0, 0.1) is 0 Å². The van der Waals surface area contributed by atoms with Gasteiger partial charge in [-0.3, -0.25) is 4.79 Å². The van der Waals surface area contributed by atoms with Crippen LogP contribution in [0.4, 0.5) is 0 Å². The van der Waals surface area contributed by atoms with Gasteiger partial charge in [0.05, 0.1) is 6.61 Å². The molecule has 0 bridgehead atoms. The first kappa shape index (κ1) is 15.5. The second-order valence-corrected chi connectivity index (χ2v) is 4.95. The summed E-state index contributed by atoms with van der Waals surface area (Å²) >= 11 is 0. The fourth-order valence-electron chi connectivity index (χ4n) is 2.33. The molecule has 1 fully saturated rings. The first-order valence-electron chi connectivity index (χ1n) is 6.83. The summed E-state index contributed by atoms with van der Waals surface area (Å²) in [5, 5.41) is 11.6. The van der Waals surface area contributed by atoms with Crippen molar-refractivity contribution in [2.75, 3.05) is 7.11 Å². The molecular formula is C15H19NO5. The summed E-state index contributed by atoms with van der Waals surface area (Å²) < 4.78 is 10.3. The van der Waals surface area contributed by atoms with Gasteiger partial charge < -0.3 is 19.9 Å². The van der Waals surface area contributed by atoms with Gasteiger partial charge in [-0.1, -0.05) is 24.3 Å². The molecule has 1 saturated heterocycles. The number of rotatable bonds is 6. The quantitative estimate of drug-likeness (QED) is 0.820. The van der Waals surface area contributed by atoms with Crippen LogP contribution < -0.4 is 5.32 Å². The summed E-state index contributed by atoms with van der Waals surface area (Å²) in [5.74, 6) is -1.29. The smallest absolute Gasteiger partial charge is 0.332 e. The highest BCUT2D eigenvalue weighted by Gasteiger charge is 2.34. The number of benzene rings is 1. The van der Waals surface area contributed by atoms with E-state index in [2.05, 4.69) is 5.32 Å². The van der Waals surface area contributed by atoms with Gasteiger partial charge in [0, 0.05) is 13.7 Å². The monoisotopic (exact) mass is 293 g/mol. The maximum absolute atomic E-state index is 12.0. The summed E-state index contributed by atoms with van der Waals surface area (Å²) in [5.41, 5.74) is 1.98. The second kappa shape index (κ2) is 7.19. The minimum Gasteiger partial charge on any atom is -0.479 e. The fourth-order valence-corrected chi connectivity index (χ4v) is 2.33. The highest BCUT2D eigenvalue weighted by molar-refractivity contribution is 5.82. The van der Waals surface area contributed by atoms with Crippen molar-refractivity contribution in [2.24, 2.45) is 0 Å². The number of carboxylic acids is 1. The lowest BCUT2D eigenvalue weighted by molar-refractivity contribution is -0.151. The molecular weight excluding hydrogens is 274 g/mol. The van der Waals surface area contributed by atoms with Crippen LogP contribution >= 0.6 is 0 Å². The van der Waals surface area contributed by atoms with Crippen molar-refractivity contribution >= 4 is 11.9 Å². The van der Waals surface area contributed by atoms with Crippen LogP contribution in [-0.2, 0) is 32.2 Å². The molecule has 0 saturated carbocycles. The summed E-state index contributed by atoms with van der Waals surface area (Å²) in [4.78, 5) is 22.8. The topological polar surface area (TPSA) is 84.9 Å². The summed E-state index contributed by atoms with van der Waals surface area (Å²) in [6.45, 7) is 0.850. The molecule has 1 amide bonds. The Morgan fingerprint density at radius 3 is 2.57 bits per heavy atom. The average Bonchev–Trinajstić information content (AvgIpc) is 2.96. The second-order valence-electron chi connectivity index (χ2n) is 4.95. The molecule has 1 heterocycles. The van der Waals surface area contributed by atoms with Gasteiger partial charge in [0.25, 0.3) is 0 Å². The van der Waals surface area contributed by atoms with Crippen LogP contribution in [-0.4, -0.2) is 36.3 Å². The van der Waals surface area contributed by atoms with Gasteiger partial charge in [-0.05, 0) is 24.0 Å². The van der Waals surface area contributed by atoms with Gasteiger partial charge in [0.2, 0.25) is 5.91 Å². The van der Waals surface area contributed by atoms with Gasteiger partial charge >= 0.3 is 5.97 Å². The number of carbonyl (C=O) groups excluding carboxylic acids is 1. The van der Waals surface area contributed by atoms with Crippen LogP contribution in [0.25, 0.3) is 0 Å². The van der Waals surface area contributed by atoms with Crippen LogP contribution in [0.1, 0.15) is 24.0 Å². The predicted molar refractivity (Wildman–Crippen MR) is 74.5 cm³/mol. The number of hydrogen-bond donors (Lipinski definition) is 2. The standard InChI is InChI=1S/C15H19NO5/c1-20-9-11-5-3-2-4-10(11)8-16-14(17)12-6-7-13(21-12)15(18)19/h2-5,12-13H,6-9H2,1H3,(H,16,17)(H,18,19)/t12-,13+/m0/s1. The van der Waals surface area contributed by atoms with Crippen LogP contribution in [0.15, 0.2) is 24.3 Å². The zero-order chi connectivity index (χ0) is 15.2. The number of carboxylic acid groups (broad SMARTS) is 1. The normalized spacial score (nSPS) is 21.2. The molecule has 21 heavy (non-hydrogen) atoms. The molecule has 0 aliphatic carbocycles. The minimum absolute atomic E-state index is 0.272. The molecule has 114 valence electrons. The maximum Gasteiger partial charge on any atom is 0.332 e. The lowest BCUT2D eigenvalue weighted by atomic mass is 10.1. The molecule has 0 spiro atoms. The summed E-state index contributed by atoms with van der Waals surface area (Å²) in [7, 11) is 1.62. The zero-order valence-corrected chi connectivity index (χ0v) is 11.9. The van der Waals surface area contributed by atoms with Crippen LogP contribution in [0.2, 0.25) is 0 Å². The highest BCUT2D eigenvalue weighted by Crippen LogP contribution is 2.20. The van der Waals surface area contributed by atoms with E-state index in [1.54, 1.807) is 7.11 Å². The molecule has 1 aliphatic heterocycles. The lowest BCUT2D eigenvalue weighted by Gasteiger charge is -2.13. The predicted octanol–water partition coefficient (Wildman–Crippen LogP) is 1.08. The summed E-state index contributed by atoms with van der Waals surface area (Å²) in [6, 6.07) is 7.67. The molecule has 6 heteroatoms. The number of aliphatic carboxylic acids is 1. The molecule has 2 rings (SSSR count). The SMILES string of the molecule is COCc1ccccc1CNC(=O)[C@@H]1CC[C@H](C(=O)O)O1. The first-order chi connectivity index (χ1) is 10.1. The first-order valence-corrected chi connectivity index (χ1v) is 6.83. The Kier molecular flexibility index (Phi) is 5.30. The Labute approximate surface area is 123 Å². The third-order valence-electron chi connectivity index (χ3n) is 3.46. The summed E-state index contributed by atoms with van der Waals surface area (Å²) in [6.07, 6.45) is -0.752. The number of carbonyl (C=O) groups is 2. The molecule has 1 aromatic rings. The van der Waals surface area contributed by atoms with Gasteiger partial charge in [-0.15, -0.1) is 0 Å². The highest BCUT2D eigenvalue weighted by atomic mass is 16.5. The van der Waals surface area contributed by atoms with E-state index in [0.29, 0.717) is 26.0 Å². The number of amides is 1. The van der Waals surface area contributed by atoms with Gasteiger partial charge in [-0.2, -0.15) is 0 Å². The third kappa shape index (κ3) is 4.03. The maximum atomic E-state index is 12.0. The Hall–Kier alpha value is -1.92. The largest absolute Gasteiger partial charge is 0.479 e. The van der Waals surface area contributed by atoms with Gasteiger partial charge in [0.1, 0.15) is 6.10 Å². The molecule has 0 radical (unpaired) electrons. The van der Waals surface area contributed by atoms with Crippen molar-refractivity contribution in [3.8, 4) is 0 Å². The Balaban J connectivity index is 1.89. The zero-order valence-electron chi connectivity index (χ0n) is 11.9. The van der Waals surface area contributed by atoms with E-state index in [1.165, 1.54) is 0 Å². The average molecular weight is 293 g/mol. The number of hydrogen-bond acceptors (Lipinski definition) is 4. The van der Waals surface area contributed by atoms with Crippen LogP contribution in [0.5, 0.6) is 0 Å². The number of methoxy groups -OCH3 is 1. The van der Waals surface area contributed by atoms with Gasteiger partial charge in [0.15, 0.2) is 6.10 Å². The van der Waals surface area contributed by atoms with E-state index >= 15 is 0 Å². The Bertz CT molecular complexity index is 517. The van der Waals surface area contributed by atoms with Crippen molar-refractivity contribution in [3.05, 3.63) is 35.4 Å². The molecule has 2 atom stereocenters. The molecule has 2 N–H and O–H groups in total. The van der Waals surface area contributed by atoms with E-state index in [-0.39, 0.29) is 5.91 Å². The Morgan fingerprint density at radius 2 is 1.95 bits per heavy atom. The van der Waals surface area contributed by atoms with Crippen LogP contribution in [0.3, 0.4) is 0 Å². The van der Waals surface area contributed by atoms with Gasteiger partial charge in [-0.25, -0.2) is 4.79 Å². The van der Waals surface area contributed by atoms with E-state index in [4.69, 9.17) is 14.6 Å². The molecule has 0 unspecified atom stereocenters. The molecule has 0 aromatic heterocycles. The Morgan fingerprint density at radius 1 is 1.29 bits per heavy atom. The van der Waals surface area contributed by atoms with E-state index in [1.807, 2.05) is 24.3 Å². The van der Waals surface area contributed by atoms with Crippen molar-refractivity contribution < 1.29 is 24.2 Å². The molecule has 6 nitrogen and oxygen atoms in total. The molecule has 1 aromatic carbocycles. The van der Waals surface area contributed by atoms with Crippen molar-refractivity contribution in [2.45, 2.75) is 38.2 Å². The minimum atomic E-state index is -1.02. The lowest BCUT2D eigenvalue weighted by Crippen LogP contribution is -2.35. The van der Waals surface area contributed by atoms with E-state index in [0.717, 1.165) is 11.1 Å². The fraction of sp³-hybridized carbons (Fsp3) is 0.467. The number of nitrogens with one attached hydrogen (secondary N) is 1. The van der Waals surface area contributed by atoms with E-state index in [9.17, 15) is 9.59 Å². The third-order valence-corrected chi connectivity index (χ3v) is 3.46.